The molecule has 7 nitrogen and oxygen atoms in total. The minimum atomic E-state index is -0.923. The Bertz CT molecular complexity index is 426. The number of hydrogen-bond acceptors (Lipinski definition) is 4. The predicted molar refractivity (Wildman–Crippen MR) is 73.5 cm³/mol. The molecule has 1 heterocycles. The highest BCUT2D eigenvalue weighted by atomic mass is 16.5. The number of carbonyl (C=O) groups is 3. The first-order valence-electron chi connectivity index (χ1n) is 7.45. The van der Waals surface area contributed by atoms with Gasteiger partial charge < -0.3 is 20.1 Å². The molecule has 2 aliphatic rings. The normalized spacial score (nSPS) is 29.2. The Morgan fingerprint density at radius 3 is 2.67 bits per heavy atom. The summed E-state index contributed by atoms with van der Waals surface area (Å²) < 4.78 is 5.30. The van der Waals surface area contributed by atoms with E-state index in [9.17, 15) is 19.5 Å². The number of carbonyl (C=O) groups excluding carboxylic acids is 2. The molecule has 0 spiro atoms. The third-order valence-electron chi connectivity index (χ3n) is 4.22. The summed E-state index contributed by atoms with van der Waals surface area (Å²) in [6, 6.07) is -0.652. The maximum absolute atomic E-state index is 12.7. The van der Waals surface area contributed by atoms with Crippen LogP contribution in [0.2, 0.25) is 0 Å². The molecule has 2 fully saturated rings. The van der Waals surface area contributed by atoms with E-state index < -0.39 is 23.8 Å². The van der Waals surface area contributed by atoms with Crippen molar-refractivity contribution >= 4 is 17.8 Å². The van der Waals surface area contributed by atoms with Gasteiger partial charge in [-0.3, -0.25) is 14.4 Å². The summed E-state index contributed by atoms with van der Waals surface area (Å²) in [4.78, 5) is 37.4. The molecule has 21 heavy (non-hydrogen) atoms. The molecule has 2 amide bonds. The van der Waals surface area contributed by atoms with Gasteiger partial charge in [-0.15, -0.1) is 0 Å². The molecular formula is C14H22N2O5. The molecule has 1 saturated carbocycles. The first-order chi connectivity index (χ1) is 10.1. The fourth-order valence-corrected chi connectivity index (χ4v) is 3.14. The van der Waals surface area contributed by atoms with Gasteiger partial charge in [0.05, 0.1) is 25.0 Å². The minimum absolute atomic E-state index is 0.169. The fraction of sp³-hybridized carbons (Fsp3) is 0.786. The Morgan fingerprint density at radius 1 is 1.29 bits per heavy atom. The summed E-state index contributed by atoms with van der Waals surface area (Å²) in [7, 11) is 0. The van der Waals surface area contributed by atoms with E-state index in [4.69, 9.17) is 4.74 Å². The maximum Gasteiger partial charge on any atom is 0.307 e. The highest BCUT2D eigenvalue weighted by molar-refractivity contribution is 5.91. The van der Waals surface area contributed by atoms with Gasteiger partial charge in [0.1, 0.15) is 6.04 Å². The Morgan fingerprint density at radius 2 is 2.00 bits per heavy atom. The highest BCUT2D eigenvalue weighted by Gasteiger charge is 2.43. The van der Waals surface area contributed by atoms with Crippen molar-refractivity contribution in [2.45, 2.75) is 32.2 Å². The number of aliphatic carboxylic acids is 1. The molecule has 3 atom stereocenters. The molecule has 7 heteroatoms. The average molecular weight is 298 g/mol. The SMILES string of the molecule is CCNC(=O)C1COCCN1C(=O)C1CCCC1C(=O)O. The van der Waals surface area contributed by atoms with Crippen LogP contribution in [0.25, 0.3) is 0 Å². The number of ether oxygens (including phenoxy) is 1. The Kier molecular flexibility index (Phi) is 5.17. The first kappa shape index (κ1) is 15.8. The second-order valence-electron chi connectivity index (χ2n) is 5.50. The van der Waals surface area contributed by atoms with Crippen LogP contribution in [0, 0.1) is 11.8 Å². The predicted octanol–water partition coefficient (Wildman–Crippen LogP) is -0.149. The van der Waals surface area contributed by atoms with Crippen molar-refractivity contribution in [2.75, 3.05) is 26.3 Å². The van der Waals surface area contributed by atoms with Gasteiger partial charge in [-0.1, -0.05) is 6.42 Å². The number of morpholine rings is 1. The third kappa shape index (κ3) is 3.34. The minimum Gasteiger partial charge on any atom is -0.481 e. The summed E-state index contributed by atoms with van der Waals surface area (Å²) in [5.74, 6) is -2.53. The van der Waals surface area contributed by atoms with Gasteiger partial charge in [0.25, 0.3) is 0 Å². The summed E-state index contributed by atoms with van der Waals surface area (Å²) in [5.41, 5.74) is 0. The van der Waals surface area contributed by atoms with Gasteiger partial charge in [-0.2, -0.15) is 0 Å². The maximum atomic E-state index is 12.7. The van der Waals surface area contributed by atoms with Gasteiger partial charge >= 0.3 is 5.97 Å². The van der Waals surface area contributed by atoms with Crippen molar-refractivity contribution in [3.05, 3.63) is 0 Å². The van der Waals surface area contributed by atoms with Gasteiger partial charge in [0, 0.05) is 13.1 Å². The lowest BCUT2D eigenvalue weighted by Crippen LogP contribution is -2.57. The van der Waals surface area contributed by atoms with E-state index in [2.05, 4.69) is 5.32 Å². The monoisotopic (exact) mass is 298 g/mol. The molecule has 0 bridgehead atoms. The van der Waals surface area contributed by atoms with Crippen LogP contribution in [0.3, 0.4) is 0 Å². The van der Waals surface area contributed by atoms with Crippen LogP contribution in [0.1, 0.15) is 26.2 Å². The number of carboxylic acids is 1. The van der Waals surface area contributed by atoms with E-state index in [1.54, 1.807) is 0 Å². The Balaban J connectivity index is 2.11. The number of hydrogen-bond donors (Lipinski definition) is 2. The number of carboxylic acid groups (broad SMARTS) is 1. The molecular weight excluding hydrogens is 276 g/mol. The number of nitrogens with zero attached hydrogens (tertiary/aromatic N) is 1. The van der Waals surface area contributed by atoms with Crippen LogP contribution in [0.15, 0.2) is 0 Å². The summed E-state index contributed by atoms with van der Waals surface area (Å²) >= 11 is 0. The second-order valence-corrected chi connectivity index (χ2v) is 5.50. The van der Waals surface area contributed by atoms with Crippen LogP contribution in [-0.4, -0.2) is 60.1 Å². The van der Waals surface area contributed by atoms with Crippen molar-refractivity contribution in [1.82, 2.24) is 10.2 Å². The summed E-state index contributed by atoms with van der Waals surface area (Å²) in [6.07, 6.45) is 1.85. The van der Waals surface area contributed by atoms with E-state index >= 15 is 0 Å². The lowest BCUT2D eigenvalue weighted by molar-refractivity contribution is -0.156. The third-order valence-corrected chi connectivity index (χ3v) is 4.22. The second kappa shape index (κ2) is 6.89. The molecule has 0 aromatic rings. The zero-order valence-electron chi connectivity index (χ0n) is 12.2. The van der Waals surface area contributed by atoms with E-state index in [1.807, 2.05) is 6.92 Å². The molecule has 118 valence electrons. The van der Waals surface area contributed by atoms with Crippen LogP contribution in [-0.2, 0) is 19.1 Å². The van der Waals surface area contributed by atoms with Crippen LogP contribution < -0.4 is 5.32 Å². The van der Waals surface area contributed by atoms with Crippen molar-refractivity contribution in [3.63, 3.8) is 0 Å². The van der Waals surface area contributed by atoms with Crippen molar-refractivity contribution < 1.29 is 24.2 Å². The lowest BCUT2D eigenvalue weighted by atomic mass is 9.94. The van der Waals surface area contributed by atoms with Crippen LogP contribution in [0.4, 0.5) is 0 Å². The molecule has 1 aliphatic carbocycles. The number of nitrogens with one attached hydrogen (secondary N) is 1. The molecule has 2 N–H and O–H groups in total. The van der Waals surface area contributed by atoms with Gasteiger partial charge in [0.15, 0.2) is 0 Å². The fourth-order valence-electron chi connectivity index (χ4n) is 3.14. The quantitative estimate of drug-likeness (QED) is 0.752. The summed E-state index contributed by atoms with van der Waals surface area (Å²) in [5, 5.41) is 11.9. The summed E-state index contributed by atoms with van der Waals surface area (Å²) in [6.45, 7) is 3.18. The molecule has 0 aromatic carbocycles. The molecule has 1 saturated heterocycles. The zero-order valence-corrected chi connectivity index (χ0v) is 12.2. The largest absolute Gasteiger partial charge is 0.481 e. The van der Waals surface area contributed by atoms with Crippen molar-refractivity contribution in [1.29, 1.82) is 0 Å². The smallest absolute Gasteiger partial charge is 0.307 e. The van der Waals surface area contributed by atoms with Gasteiger partial charge in [-0.25, -0.2) is 0 Å². The van der Waals surface area contributed by atoms with E-state index in [1.165, 1.54) is 4.90 Å². The van der Waals surface area contributed by atoms with Crippen LogP contribution in [0.5, 0.6) is 0 Å². The van der Waals surface area contributed by atoms with Gasteiger partial charge in [-0.05, 0) is 19.8 Å². The molecule has 0 aromatic heterocycles. The average Bonchev–Trinajstić information content (AvgIpc) is 2.96. The highest BCUT2D eigenvalue weighted by Crippen LogP contribution is 2.34. The van der Waals surface area contributed by atoms with Crippen molar-refractivity contribution in [2.24, 2.45) is 11.8 Å². The number of amides is 2. The van der Waals surface area contributed by atoms with E-state index in [-0.39, 0.29) is 18.4 Å². The van der Waals surface area contributed by atoms with Gasteiger partial charge in [0.2, 0.25) is 11.8 Å². The molecule has 3 unspecified atom stereocenters. The molecule has 2 rings (SSSR count). The molecule has 1 aliphatic heterocycles. The van der Waals surface area contributed by atoms with E-state index in [0.29, 0.717) is 32.5 Å². The van der Waals surface area contributed by atoms with Crippen LogP contribution >= 0.6 is 0 Å². The topological polar surface area (TPSA) is 95.9 Å². The van der Waals surface area contributed by atoms with Crippen molar-refractivity contribution in [3.8, 4) is 0 Å². The zero-order chi connectivity index (χ0) is 15.4. The van der Waals surface area contributed by atoms with E-state index in [0.717, 1.165) is 6.42 Å². The Hall–Kier alpha value is -1.63. The number of rotatable bonds is 4. The number of likely N-dealkylation sites (N-methyl/N-ethyl adjacent to an activating group) is 1. The lowest BCUT2D eigenvalue weighted by Gasteiger charge is -2.36. The standard InChI is InChI=1S/C14H22N2O5/c1-2-15-12(17)11-8-21-7-6-16(11)13(18)9-4-3-5-10(9)14(19)20/h9-11H,2-8H2,1H3,(H,15,17)(H,19,20). The Labute approximate surface area is 123 Å². The first-order valence-corrected chi connectivity index (χ1v) is 7.45. The molecule has 0 radical (unpaired) electrons.